The van der Waals surface area contributed by atoms with Crippen LogP contribution in [0, 0.1) is 0 Å². The number of thioether (sulfide) groups is 1. The molecule has 1 aliphatic rings. The second-order valence-electron chi connectivity index (χ2n) is 4.22. The minimum Gasteiger partial charge on any atom is -0.381 e. The number of nitrogens with zero attached hydrogens (tertiary/aromatic N) is 1. The molecule has 0 amide bonds. The van der Waals surface area contributed by atoms with E-state index in [1.807, 2.05) is 17.8 Å². The van der Waals surface area contributed by atoms with Crippen molar-refractivity contribution < 1.29 is 0 Å². The van der Waals surface area contributed by atoms with E-state index in [2.05, 4.69) is 16.6 Å². The van der Waals surface area contributed by atoms with Gasteiger partial charge in [-0.3, -0.25) is 4.98 Å². The summed E-state index contributed by atoms with van der Waals surface area (Å²) in [5.41, 5.74) is 1.02. The van der Waals surface area contributed by atoms with Crippen molar-refractivity contribution >= 4 is 29.1 Å². The lowest BCUT2D eigenvalue weighted by atomic mass is 9.95. The van der Waals surface area contributed by atoms with Crippen LogP contribution in [0.4, 0.5) is 5.69 Å². The van der Waals surface area contributed by atoms with E-state index in [1.165, 1.54) is 25.7 Å². The molecular formula is C12H17ClN2S. The normalized spacial score (nSPS) is 25.4. The highest BCUT2D eigenvalue weighted by molar-refractivity contribution is 7.99. The molecule has 2 unspecified atom stereocenters. The van der Waals surface area contributed by atoms with Crippen molar-refractivity contribution in [1.29, 1.82) is 0 Å². The summed E-state index contributed by atoms with van der Waals surface area (Å²) in [5, 5.41) is 5.04. The fourth-order valence-corrected chi connectivity index (χ4v) is 3.20. The van der Waals surface area contributed by atoms with E-state index in [0.29, 0.717) is 11.1 Å². The first-order valence-corrected chi connectivity index (χ1v) is 7.35. The Morgan fingerprint density at radius 3 is 3.12 bits per heavy atom. The van der Waals surface area contributed by atoms with Gasteiger partial charge >= 0.3 is 0 Å². The quantitative estimate of drug-likeness (QED) is 0.890. The zero-order valence-electron chi connectivity index (χ0n) is 9.45. The van der Waals surface area contributed by atoms with Crippen LogP contribution in [0.5, 0.6) is 0 Å². The van der Waals surface area contributed by atoms with Gasteiger partial charge in [0, 0.05) is 23.7 Å². The minimum absolute atomic E-state index is 0.561. The van der Waals surface area contributed by atoms with Crippen molar-refractivity contribution in [1.82, 2.24) is 4.98 Å². The molecule has 0 saturated heterocycles. The molecule has 1 heterocycles. The highest BCUT2D eigenvalue weighted by Gasteiger charge is 2.21. The van der Waals surface area contributed by atoms with Crippen molar-refractivity contribution in [3.8, 4) is 0 Å². The molecular weight excluding hydrogens is 240 g/mol. The summed E-state index contributed by atoms with van der Waals surface area (Å²) in [6.45, 7) is 0. The highest BCUT2D eigenvalue weighted by atomic mass is 35.5. The lowest BCUT2D eigenvalue weighted by Crippen LogP contribution is -2.28. The third kappa shape index (κ3) is 3.05. The van der Waals surface area contributed by atoms with Gasteiger partial charge in [-0.1, -0.05) is 18.0 Å². The number of hydrogen-bond donors (Lipinski definition) is 1. The second kappa shape index (κ2) is 5.78. The second-order valence-corrected chi connectivity index (χ2v) is 5.77. The molecule has 88 valence electrons. The minimum atomic E-state index is 0.561. The standard InChI is InChI=1S/C12H17ClN2S/c1-16-10-4-2-3-9(7-10)15-12-5-6-14-8-11(12)13/h5-6,8-10H,2-4,7H2,1H3,(H,14,15). The molecule has 1 aromatic heterocycles. The summed E-state index contributed by atoms with van der Waals surface area (Å²) in [5.74, 6) is 0. The third-order valence-corrected chi connectivity index (χ3v) is 4.49. The van der Waals surface area contributed by atoms with E-state index < -0.39 is 0 Å². The molecule has 1 fully saturated rings. The van der Waals surface area contributed by atoms with Crippen molar-refractivity contribution in [2.45, 2.75) is 37.0 Å². The molecule has 0 aliphatic heterocycles. The Morgan fingerprint density at radius 2 is 2.38 bits per heavy atom. The fourth-order valence-electron chi connectivity index (χ4n) is 2.20. The number of aromatic nitrogens is 1. The van der Waals surface area contributed by atoms with Gasteiger partial charge in [-0.15, -0.1) is 0 Å². The van der Waals surface area contributed by atoms with Crippen LogP contribution in [0.25, 0.3) is 0 Å². The first kappa shape index (κ1) is 12.1. The summed E-state index contributed by atoms with van der Waals surface area (Å²) in [6.07, 6.45) is 10.8. The topological polar surface area (TPSA) is 24.9 Å². The molecule has 0 bridgehead atoms. The zero-order valence-corrected chi connectivity index (χ0v) is 11.0. The molecule has 4 heteroatoms. The first-order chi connectivity index (χ1) is 7.79. The Balaban J connectivity index is 1.97. The SMILES string of the molecule is CSC1CCCC(Nc2ccncc2Cl)C1. The monoisotopic (exact) mass is 256 g/mol. The van der Waals surface area contributed by atoms with Gasteiger partial charge in [0.05, 0.1) is 10.7 Å². The van der Waals surface area contributed by atoms with E-state index in [9.17, 15) is 0 Å². The molecule has 2 rings (SSSR count). The van der Waals surface area contributed by atoms with E-state index in [1.54, 1.807) is 12.4 Å². The molecule has 0 aromatic carbocycles. The maximum absolute atomic E-state index is 6.08. The van der Waals surface area contributed by atoms with Gasteiger partial charge < -0.3 is 5.32 Å². The van der Waals surface area contributed by atoms with Crippen molar-refractivity contribution in [2.24, 2.45) is 0 Å². The lowest BCUT2D eigenvalue weighted by Gasteiger charge is -2.29. The Labute approximate surface area is 106 Å². The van der Waals surface area contributed by atoms with Crippen molar-refractivity contribution in [3.05, 3.63) is 23.5 Å². The largest absolute Gasteiger partial charge is 0.381 e. The maximum Gasteiger partial charge on any atom is 0.0820 e. The molecule has 16 heavy (non-hydrogen) atoms. The zero-order chi connectivity index (χ0) is 11.4. The van der Waals surface area contributed by atoms with Crippen LogP contribution in [0.3, 0.4) is 0 Å². The summed E-state index contributed by atoms with van der Waals surface area (Å²) in [6, 6.07) is 2.51. The molecule has 1 N–H and O–H groups in total. The predicted octanol–water partition coefficient (Wildman–Crippen LogP) is 3.82. The van der Waals surface area contributed by atoms with Crippen LogP contribution in [-0.2, 0) is 0 Å². The number of nitrogens with one attached hydrogen (secondary N) is 1. The average molecular weight is 257 g/mol. The Kier molecular flexibility index (Phi) is 4.36. The van der Waals surface area contributed by atoms with E-state index in [4.69, 9.17) is 11.6 Å². The summed E-state index contributed by atoms with van der Waals surface area (Å²) < 4.78 is 0. The van der Waals surface area contributed by atoms with Gasteiger partial charge in [0.2, 0.25) is 0 Å². The van der Waals surface area contributed by atoms with Gasteiger partial charge in [-0.2, -0.15) is 11.8 Å². The Morgan fingerprint density at radius 1 is 1.50 bits per heavy atom. The van der Waals surface area contributed by atoms with Crippen LogP contribution in [-0.4, -0.2) is 22.5 Å². The Bertz CT molecular complexity index is 346. The molecule has 2 nitrogen and oxygen atoms in total. The Hall–Kier alpha value is -0.410. The van der Waals surface area contributed by atoms with E-state index in [0.717, 1.165) is 10.9 Å². The molecule has 1 aliphatic carbocycles. The van der Waals surface area contributed by atoms with Crippen LogP contribution < -0.4 is 5.32 Å². The van der Waals surface area contributed by atoms with Crippen molar-refractivity contribution in [3.63, 3.8) is 0 Å². The molecule has 2 atom stereocenters. The summed E-state index contributed by atoms with van der Waals surface area (Å²) in [4.78, 5) is 3.99. The summed E-state index contributed by atoms with van der Waals surface area (Å²) in [7, 11) is 0. The van der Waals surface area contributed by atoms with Gasteiger partial charge in [-0.05, 0) is 31.6 Å². The van der Waals surface area contributed by atoms with Crippen LogP contribution in [0.2, 0.25) is 5.02 Å². The van der Waals surface area contributed by atoms with Crippen molar-refractivity contribution in [2.75, 3.05) is 11.6 Å². The maximum atomic E-state index is 6.08. The van der Waals surface area contributed by atoms with E-state index >= 15 is 0 Å². The summed E-state index contributed by atoms with van der Waals surface area (Å²) >= 11 is 8.06. The number of rotatable bonds is 3. The van der Waals surface area contributed by atoms with Gasteiger partial charge in [0.1, 0.15) is 0 Å². The molecule has 0 spiro atoms. The predicted molar refractivity (Wildman–Crippen MR) is 72.4 cm³/mol. The number of hydrogen-bond acceptors (Lipinski definition) is 3. The van der Waals surface area contributed by atoms with E-state index in [-0.39, 0.29) is 0 Å². The smallest absolute Gasteiger partial charge is 0.0820 e. The molecule has 1 aromatic rings. The van der Waals surface area contributed by atoms with Gasteiger partial charge in [-0.25, -0.2) is 0 Å². The van der Waals surface area contributed by atoms with Gasteiger partial charge in [0.25, 0.3) is 0 Å². The average Bonchev–Trinajstić information content (AvgIpc) is 2.32. The number of halogens is 1. The first-order valence-electron chi connectivity index (χ1n) is 5.68. The lowest BCUT2D eigenvalue weighted by molar-refractivity contribution is 0.473. The fraction of sp³-hybridized carbons (Fsp3) is 0.583. The van der Waals surface area contributed by atoms with Crippen LogP contribution in [0.1, 0.15) is 25.7 Å². The molecule has 0 radical (unpaired) electrons. The van der Waals surface area contributed by atoms with Crippen LogP contribution in [0.15, 0.2) is 18.5 Å². The van der Waals surface area contributed by atoms with Crippen LogP contribution >= 0.6 is 23.4 Å². The number of anilines is 1. The molecule has 1 saturated carbocycles. The third-order valence-electron chi connectivity index (χ3n) is 3.09. The van der Waals surface area contributed by atoms with Gasteiger partial charge in [0.15, 0.2) is 0 Å². The number of pyridine rings is 1. The highest BCUT2D eigenvalue weighted by Crippen LogP contribution is 2.30.